The van der Waals surface area contributed by atoms with Crippen LogP contribution >= 0.6 is 0 Å². The Balaban J connectivity index is 1.72. The molecule has 0 bridgehead atoms. The van der Waals surface area contributed by atoms with E-state index in [1.165, 1.54) is 55.5 Å². The normalized spacial score (nSPS) is 25.3. The van der Waals surface area contributed by atoms with E-state index in [1.54, 1.807) is 0 Å². The van der Waals surface area contributed by atoms with Crippen molar-refractivity contribution in [3.8, 4) is 5.75 Å². The Morgan fingerprint density at radius 2 is 2.26 bits per heavy atom. The lowest BCUT2D eigenvalue weighted by Gasteiger charge is -2.39. The van der Waals surface area contributed by atoms with Gasteiger partial charge in [-0.25, -0.2) is 0 Å². The maximum Gasteiger partial charge on any atom is 0.125 e. The van der Waals surface area contributed by atoms with E-state index < -0.39 is 0 Å². The number of benzene rings is 1. The molecule has 19 heavy (non-hydrogen) atoms. The molecule has 0 aromatic heterocycles. The summed E-state index contributed by atoms with van der Waals surface area (Å²) in [7, 11) is 0. The van der Waals surface area contributed by atoms with Crippen LogP contribution in [0.1, 0.15) is 49.7 Å². The molecule has 2 unspecified atom stereocenters. The fourth-order valence-corrected chi connectivity index (χ4v) is 3.39. The number of rotatable bonds is 5. The van der Waals surface area contributed by atoms with Gasteiger partial charge in [0.05, 0.1) is 6.61 Å². The van der Waals surface area contributed by atoms with Gasteiger partial charge in [-0.05, 0) is 68.2 Å². The lowest BCUT2D eigenvalue weighted by Crippen LogP contribution is -2.34. The summed E-state index contributed by atoms with van der Waals surface area (Å²) in [4.78, 5) is 0. The average Bonchev–Trinajstić information content (AvgIpc) is 2.43. The molecule has 2 aliphatic rings. The first-order valence-electron chi connectivity index (χ1n) is 7.85. The second-order valence-corrected chi connectivity index (χ2v) is 5.94. The zero-order valence-corrected chi connectivity index (χ0v) is 12.0. The van der Waals surface area contributed by atoms with Crippen molar-refractivity contribution in [2.24, 2.45) is 5.92 Å². The second-order valence-electron chi connectivity index (χ2n) is 5.94. The number of hydrogen-bond acceptors (Lipinski definition) is 2. The van der Waals surface area contributed by atoms with E-state index in [-0.39, 0.29) is 0 Å². The van der Waals surface area contributed by atoms with Crippen LogP contribution in [-0.2, 0) is 6.42 Å². The van der Waals surface area contributed by atoms with E-state index >= 15 is 0 Å². The van der Waals surface area contributed by atoms with Crippen LogP contribution in [0.25, 0.3) is 0 Å². The minimum Gasteiger partial charge on any atom is -0.493 e. The number of aryl methyl sites for hydroxylation is 1. The summed E-state index contributed by atoms with van der Waals surface area (Å²) >= 11 is 0. The molecule has 3 rings (SSSR count). The van der Waals surface area contributed by atoms with Crippen molar-refractivity contribution in [2.45, 2.75) is 44.9 Å². The van der Waals surface area contributed by atoms with E-state index in [1.807, 2.05) is 0 Å². The smallest absolute Gasteiger partial charge is 0.125 e. The van der Waals surface area contributed by atoms with Gasteiger partial charge in [-0.15, -0.1) is 0 Å². The van der Waals surface area contributed by atoms with Gasteiger partial charge in [0.15, 0.2) is 0 Å². The molecule has 1 aliphatic carbocycles. The van der Waals surface area contributed by atoms with Gasteiger partial charge >= 0.3 is 0 Å². The topological polar surface area (TPSA) is 21.3 Å². The first-order chi connectivity index (χ1) is 9.40. The molecule has 1 aliphatic heterocycles. The third kappa shape index (κ3) is 2.64. The molecule has 1 fully saturated rings. The molecule has 2 nitrogen and oxygen atoms in total. The largest absolute Gasteiger partial charge is 0.493 e. The molecular weight excluding hydrogens is 234 g/mol. The van der Waals surface area contributed by atoms with Crippen molar-refractivity contribution < 1.29 is 4.74 Å². The summed E-state index contributed by atoms with van der Waals surface area (Å²) in [6.45, 7) is 5.44. The highest BCUT2D eigenvalue weighted by atomic mass is 16.5. The maximum absolute atomic E-state index is 5.97. The van der Waals surface area contributed by atoms with Gasteiger partial charge in [0, 0.05) is 0 Å². The standard InChI is InChI=1S/C17H25NO/c1-2-10-18-12-14-8-9-15(14)16-7-3-5-13-6-4-11-19-17(13)16/h3,5,7,14-15,18H,2,4,6,8-12H2,1H3. The predicted molar refractivity (Wildman–Crippen MR) is 78.9 cm³/mol. The van der Waals surface area contributed by atoms with Crippen LogP contribution in [-0.4, -0.2) is 19.7 Å². The molecule has 0 amide bonds. The van der Waals surface area contributed by atoms with Gasteiger partial charge in [0.2, 0.25) is 0 Å². The fourth-order valence-electron chi connectivity index (χ4n) is 3.39. The van der Waals surface area contributed by atoms with Gasteiger partial charge < -0.3 is 10.1 Å². The quantitative estimate of drug-likeness (QED) is 0.817. The molecular formula is C17H25NO. The Kier molecular flexibility index (Phi) is 4.07. The summed E-state index contributed by atoms with van der Waals surface area (Å²) in [5.74, 6) is 2.75. The van der Waals surface area contributed by atoms with E-state index in [4.69, 9.17) is 4.74 Å². The maximum atomic E-state index is 5.97. The Bertz CT molecular complexity index is 429. The lowest BCUT2D eigenvalue weighted by molar-refractivity contribution is 0.229. The van der Waals surface area contributed by atoms with Crippen molar-refractivity contribution in [2.75, 3.05) is 19.7 Å². The van der Waals surface area contributed by atoms with Crippen LogP contribution in [0.2, 0.25) is 0 Å². The van der Waals surface area contributed by atoms with E-state index in [9.17, 15) is 0 Å². The molecule has 2 heteroatoms. The SMILES string of the molecule is CCCNCC1CCC1c1cccc2c1OCCC2. The lowest BCUT2D eigenvalue weighted by atomic mass is 9.69. The summed E-state index contributed by atoms with van der Waals surface area (Å²) < 4.78 is 5.97. The van der Waals surface area contributed by atoms with Crippen molar-refractivity contribution in [1.29, 1.82) is 0 Å². The molecule has 2 atom stereocenters. The summed E-state index contributed by atoms with van der Waals surface area (Å²) in [5.41, 5.74) is 2.91. The Morgan fingerprint density at radius 1 is 1.32 bits per heavy atom. The first-order valence-corrected chi connectivity index (χ1v) is 7.85. The first kappa shape index (κ1) is 13.0. The van der Waals surface area contributed by atoms with Gasteiger partial charge in [-0.1, -0.05) is 25.1 Å². The minimum atomic E-state index is 0.720. The van der Waals surface area contributed by atoms with Crippen LogP contribution in [0.4, 0.5) is 0 Å². The molecule has 1 heterocycles. The fraction of sp³-hybridized carbons (Fsp3) is 0.647. The molecule has 0 radical (unpaired) electrons. The third-order valence-corrected chi connectivity index (χ3v) is 4.61. The average molecular weight is 259 g/mol. The second kappa shape index (κ2) is 5.96. The Hall–Kier alpha value is -1.02. The Morgan fingerprint density at radius 3 is 3.05 bits per heavy atom. The summed E-state index contributed by atoms with van der Waals surface area (Å²) in [5, 5.41) is 3.58. The van der Waals surface area contributed by atoms with Crippen molar-refractivity contribution >= 4 is 0 Å². The summed E-state index contributed by atoms with van der Waals surface area (Å²) in [6, 6.07) is 6.75. The molecule has 0 spiro atoms. The van der Waals surface area contributed by atoms with Crippen LogP contribution in [0, 0.1) is 5.92 Å². The zero-order chi connectivity index (χ0) is 13.1. The molecule has 104 valence electrons. The molecule has 1 N–H and O–H groups in total. The van der Waals surface area contributed by atoms with E-state index in [0.717, 1.165) is 25.0 Å². The van der Waals surface area contributed by atoms with Crippen molar-refractivity contribution in [1.82, 2.24) is 5.32 Å². The van der Waals surface area contributed by atoms with Gasteiger partial charge in [-0.2, -0.15) is 0 Å². The van der Waals surface area contributed by atoms with Crippen LogP contribution < -0.4 is 10.1 Å². The number of fused-ring (bicyclic) bond motifs is 1. The van der Waals surface area contributed by atoms with Gasteiger partial charge in [-0.3, -0.25) is 0 Å². The van der Waals surface area contributed by atoms with Crippen molar-refractivity contribution in [3.63, 3.8) is 0 Å². The van der Waals surface area contributed by atoms with Gasteiger partial charge in [0.1, 0.15) is 5.75 Å². The third-order valence-electron chi connectivity index (χ3n) is 4.61. The summed E-state index contributed by atoms with van der Waals surface area (Å²) in [6.07, 6.45) is 6.28. The van der Waals surface area contributed by atoms with Crippen LogP contribution in [0.3, 0.4) is 0 Å². The number of hydrogen-bond donors (Lipinski definition) is 1. The number of ether oxygens (including phenoxy) is 1. The van der Waals surface area contributed by atoms with Crippen LogP contribution in [0.5, 0.6) is 5.75 Å². The highest BCUT2D eigenvalue weighted by molar-refractivity contribution is 5.45. The monoisotopic (exact) mass is 259 g/mol. The molecule has 1 aromatic carbocycles. The molecule has 1 saturated carbocycles. The predicted octanol–water partition coefficient (Wildman–Crippen LogP) is 3.50. The zero-order valence-electron chi connectivity index (χ0n) is 12.0. The number of para-hydroxylation sites is 1. The van der Waals surface area contributed by atoms with Crippen molar-refractivity contribution in [3.05, 3.63) is 29.3 Å². The van der Waals surface area contributed by atoms with E-state index in [2.05, 4.69) is 30.4 Å². The molecule has 0 saturated heterocycles. The highest BCUT2D eigenvalue weighted by Crippen LogP contribution is 2.47. The Labute approximate surface area is 116 Å². The highest BCUT2D eigenvalue weighted by Gasteiger charge is 2.34. The van der Waals surface area contributed by atoms with E-state index in [0.29, 0.717) is 0 Å². The van der Waals surface area contributed by atoms with Gasteiger partial charge in [0.25, 0.3) is 0 Å². The van der Waals surface area contributed by atoms with Crippen LogP contribution in [0.15, 0.2) is 18.2 Å². The minimum absolute atomic E-state index is 0.720. The number of nitrogens with one attached hydrogen (secondary N) is 1. The molecule has 1 aromatic rings.